The smallest absolute Gasteiger partial charge is 0.142 e. The SMILES string of the molecule is CC(=O)CS(=O)C[C@@H]1CC2c3cccc4[nH]cc(c34)CC2N(C)C1. The van der Waals surface area contributed by atoms with Gasteiger partial charge in [-0.3, -0.25) is 9.00 Å². The molecule has 2 aliphatic rings. The van der Waals surface area contributed by atoms with Crippen LogP contribution in [0, 0.1) is 5.92 Å². The van der Waals surface area contributed by atoms with Crippen molar-refractivity contribution in [1.82, 2.24) is 9.88 Å². The van der Waals surface area contributed by atoms with Crippen LogP contribution in [0.4, 0.5) is 0 Å². The molecule has 1 aliphatic carbocycles. The fourth-order valence-corrected chi connectivity index (χ4v) is 6.06. The molecule has 4 atom stereocenters. The Hall–Kier alpha value is -1.46. The molecule has 0 saturated carbocycles. The number of Topliss-reactive ketones (excluding diaryl/α,β-unsaturated/α-hetero) is 1. The molecule has 1 saturated heterocycles. The highest BCUT2D eigenvalue weighted by atomic mass is 32.2. The van der Waals surface area contributed by atoms with Gasteiger partial charge in [0, 0.05) is 52.2 Å². The molecule has 3 unspecified atom stereocenters. The lowest BCUT2D eigenvalue weighted by Crippen LogP contribution is -2.49. The molecule has 4 rings (SSSR count). The monoisotopic (exact) mass is 344 g/mol. The molecule has 1 aromatic heterocycles. The molecular formula is C19H24N2O2S. The third kappa shape index (κ3) is 2.74. The number of likely N-dealkylation sites (N-methyl/N-ethyl adjacent to an activating group) is 1. The third-order valence-electron chi connectivity index (χ3n) is 5.60. The first-order valence-electron chi connectivity index (χ1n) is 8.66. The van der Waals surface area contributed by atoms with Gasteiger partial charge in [0.1, 0.15) is 5.78 Å². The average molecular weight is 344 g/mol. The van der Waals surface area contributed by atoms with Crippen LogP contribution in [0.1, 0.15) is 30.4 Å². The number of hydrogen-bond acceptors (Lipinski definition) is 3. The number of likely N-dealkylation sites (tertiary alicyclic amines) is 1. The van der Waals surface area contributed by atoms with E-state index in [0.717, 1.165) is 19.4 Å². The van der Waals surface area contributed by atoms with E-state index in [1.807, 2.05) is 0 Å². The van der Waals surface area contributed by atoms with Crippen LogP contribution in [0.15, 0.2) is 24.4 Å². The largest absolute Gasteiger partial charge is 0.361 e. The van der Waals surface area contributed by atoms with Gasteiger partial charge in [0.15, 0.2) is 0 Å². The fourth-order valence-electron chi connectivity index (χ4n) is 4.72. The van der Waals surface area contributed by atoms with Crippen LogP contribution in [0.2, 0.25) is 0 Å². The van der Waals surface area contributed by atoms with Crippen LogP contribution in [-0.4, -0.2) is 51.0 Å². The first kappa shape index (κ1) is 16.0. The molecule has 0 spiro atoms. The number of fused-ring (bicyclic) bond motifs is 2. The lowest BCUT2D eigenvalue weighted by Gasteiger charge is -2.45. The highest BCUT2D eigenvalue weighted by Gasteiger charge is 2.39. The summed E-state index contributed by atoms with van der Waals surface area (Å²) in [6.45, 7) is 2.50. The molecule has 2 heterocycles. The van der Waals surface area contributed by atoms with E-state index in [4.69, 9.17) is 0 Å². The van der Waals surface area contributed by atoms with Gasteiger partial charge in [-0.1, -0.05) is 12.1 Å². The van der Waals surface area contributed by atoms with Crippen molar-refractivity contribution in [3.8, 4) is 0 Å². The second kappa shape index (κ2) is 6.12. The number of piperidine rings is 1. The number of carbonyl (C=O) groups excluding carboxylic acids is 1. The zero-order chi connectivity index (χ0) is 16.8. The van der Waals surface area contributed by atoms with Crippen molar-refractivity contribution >= 4 is 27.5 Å². The van der Waals surface area contributed by atoms with Crippen molar-refractivity contribution in [2.24, 2.45) is 5.92 Å². The Morgan fingerprint density at radius 3 is 3.04 bits per heavy atom. The van der Waals surface area contributed by atoms with Gasteiger partial charge in [-0.15, -0.1) is 0 Å². The Morgan fingerprint density at radius 2 is 2.25 bits per heavy atom. The number of nitrogens with one attached hydrogen (secondary N) is 1. The molecular weight excluding hydrogens is 320 g/mol. The van der Waals surface area contributed by atoms with E-state index in [9.17, 15) is 9.00 Å². The zero-order valence-corrected chi connectivity index (χ0v) is 15.1. The summed E-state index contributed by atoms with van der Waals surface area (Å²) in [7, 11) is 1.16. The molecule has 1 aliphatic heterocycles. The second-order valence-electron chi connectivity index (χ2n) is 7.46. The minimum atomic E-state index is -1.03. The molecule has 24 heavy (non-hydrogen) atoms. The van der Waals surface area contributed by atoms with E-state index < -0.39 is 10.8 Å². The van der Waals surface area contributed by atoms with Gasteiger partial charge in [-0.05, 0) is 49.9 Å². The minimum absolute atomic E-state index is 0.0229. The molecule has 1 N–H and O–H groups in total. The summed E-state index contributed by atoms with van der Waals surface area (Å²) in [6, 6.07) is 7.07. The number of H-pyrrole nitrogens is 1. The predicted molar refractivity (Wildman–Crippen MR) is 97.8 cm³/mol. The number of rotatable bonds is 4. The van der Waals surface area contributed by atoms with Crippen molar-refractivity contribution in [3.05, 3.63) is 35.5 Å². The molecule has 0 radical (unpaired) electrons. The normalized spacial score (nSPS) is 27.8. The van der Waals surface area contributed by atoms with E-state index in [2.05, 4.69) is 41.3 Å². The molecule has 1 aromatic carbocycles. The summed E-state index contributed by atoms with van der Waals surface area (Å²) in [5.74, 6) is 1.76. The van der Waals surface area contributed by atoms with Crippen molar-refractivity contribution in [3.63, 3.8) is 0 Å². The maximum Gasteiger partial charge on any atom is 0.142 e. The van der Waals surface area contributed by atoms with Gasteiger partial charge >= 0.3 is 0 Å². The summed E-state index contributed by atoms with van der Waals surface area (Å²) >= 11 is 0. The van der Waals surface area contributed by atoms with Crippen LogP contribution < -0.4 is 0 Å². The van der Waals surface area contributed by atoms with Crippen molar-refractivity contribution in [2.75, 3.05) is 25.1 Å². The Morgan fingerprint density at radius 1 is 1.42 bits per heavy atom. The quantitative estimate of drug-likeness (QED) is 0.927. The molecule has 5 heteroatoms. The van der Waals surface area contributed by atoms with Gasteiger partial charge < -0.3 is 9.88 Å². The molecule has 0 bridgehead atoms. The number of benzene rings is 1. The first-order chi connectivity index (χ1) is 11.5. The summed E-state index contributed by atoms with van der Waals surface area (Å²) in [4.78, 5) is 17.1. The molecule has 0 amide bonds. The van der Waals surface area contributed by atoms with Crippen LogP contribution in [0.5, 0.6) is 0 Å². The lowest BCUT2D eigenvalue weighted by atomic mass is 9.73. The summed E-state index contributed by atoms with van der Waals surface area (Å²) in [5, 5.41) is 1.40. The number of aromatic amines is 1. The number of ketones is 1. The van der Waals surface area contributed by atoms with Gasteiger partial charge in [0.2, 0.25) is 0 Å². The van der Waals surface area contributed by atoms with Crippen LogP contribution in [0.3, 0.4) is 0 Å². The Balaban J connectivity index is 1.61. The van der Waals surface area contributed by atoms with Crippen molar-refractivity contribution in [1.29, 1.82) is 0 Å². The van der Waals surface area contributed by atoms with Crippen LogP contribution >= 0.6 is 0 Å². The molecule has 2 aromatic rings. The van der Waals surface area contributed by atoms with Gasteiger partial charge in [0.05, 0.1) is 5.75 Å². The average Bonchev–Trinajstić information content (AvgIpc) is 2.92. The van der Waals surface area contributed by atoms with Gasteiger partial charge in [-0.2, -0.15) is 0 Å². The summed E-state index contributed by atoms with van der Waals surface area (Å²) in [5.41, 5.74) is 4.09. The predicted octanol–water partition coefficient (Wildman–Crippen LogP) is 2.47. The molecule has 4 nitrogen and oxygen atoms in total. The van der Waals surface area contributed by atoms with Crippen LogP contribution in [0.25, 0.3) is 10.9 Å². The lowest BCUT2D eigenvalue weighted by molar-refractivity contribution is -0.114. The third-order valence-corrected chi connectivity index (χ3v) is 7.17. The van der Waals surface area contributed by atoms with Crippen molar-refractivity contribution < 1.29 is 9.00 Å². The Labute approximate surface area is 145 Å². The molecule has 1 fully saturated rings. The van der Waals surface area contributed by atoms with E-state index >= 15 is 0 Å². The first-order valence-corrected chi connectivity index (χ1v) is 10.1. The summed E-state index contributed by atoms with van der Waals surface area (Å²) in [6.07, 6.45) is 4.32. The number of aromatic nitrogens is 1. The van der Waals surface area contributed by atoms with Gasteiger partial charge in [-0.25, -0.2) is 0 Å². The van der Waals surface area contributed by atoms with Gasteiger partial charge in [0.25, 0.3) is 0 Å². The van der Waals surface area contributed by atoms with E-state index in [-0.39, 0.29) is 11.5 Å². The standard InChI is InChI=1S/C19H24N2O2S/c1-12(22)10-24(23)11-13-6-16-15-4-3-5-17-19(15)14(8-20-17)7-18(16)21(2)9-13/h3-5,8,13,16,18,20H,6-7,9-11H2,1-2H3/t13-,16?,18?,24?/m1/s1. The fraction of sp³-hybridized carbons (Fsp3) is 0.526. The Kier molecular flexibility index (Phi) is 4.09. The van der Waals surface area contributed by atoms with E-state index in [1.165, 1.54) is 29.0 Å². The minimum Gasteiger partial charge on any atom is -0.361 e. The number of carbonyl (C=O) groups is 1. The number of nitrogens with zero attached hydrogens (tertiary/aromatic N) is 1. The second-order valence-corrected chi connectivity index (χ2v) is 8.96. The number of hydrogen-bond donors (Lipinski definition) is 1. The topological polar surface area (TPSA) is 53.2 Å². The summed E-state index contributed by atoms with van der Waals surface area (Å²) < 4.78 is 12.2. The zero-order valence-electron chi connectivity index (χ0n) is 14.2. The Bertz CT molecular complexity index is 813. The highest BCUT2D eigenvalue weighted by molar-refractivity contribution is 7.85. The van der Waals surface area contributed by atoms with E-state index in [1.54, 1.807) is 0 Å². The van der Waals surface area contributed by atoms with Crippen LogP contribution in [-0.2, 0) is 22.0 Å². The maximum absolute atomic E-state index is 12.2. The maximum atomic E-state index is 12.2. The van der Waals surface area contributed by atoms with E-state index in [0.29, 0.717) is 23.6 Å². The highest BCUT2D eigenvalue weighted by Crippen LogP contribution is 2.44. The van der Waals surface area contributed by atoms with Crippen molar-refractivity contribution in [2.45, 2.75) is 31.7 Å². The molecule has 128 valence electrons.